The van der Waals surface area contributed by atoms with Gasteiger partial charge in [0.2, 0.25) is 0 Å². The third kappa shape index (κ3) is 3.59. The molecule has 0 spiro atoms. The van der Waals surface area contributed by atoms with Crippen molar-refractivity contribution in [1.29, 1.82) is 0 Å². The molecule has 0 unspecified atom stereocenters. The smallest absolute Gasteiger partial charge is 0.303 e. The molecule has 1 aromatic heterocycles. The quantitative estimate of drug-likeness (QED) is 0.807. The lowest BCUT2D eigenvalue weighted by Crippen LogP contribution is -2.16. The Balaban J connectivity index is 1.78. The van der Waals surface area contributed by atoms with Crippen LogP contribution in [0.2, 0.25) is 5.02 Å². The molecule has 1 aliphatic rings. The van der Waals surface area contributed by atoms with Crippen LogP contribution >= 0.6 is 11.6 Å². The van der Waals surface area contributed by atoms with Gasteiger partial charge in [0.1, 0.15) is 18.0 Å². The third-order valence-corrected chi connectivity index (χ3v) is 3.97. The molecule has 0 radical (unpaired) electrons. The summed E-state index contributed by atoms with van der Waals surface area (Å²) in [6.45, 7) is 3.96. The lowest BCUT2D eigenvalue weighted by Gasteiger charge is -2.13. The third-order valence-electron chi connectivity index (χ3n) is 3.72. The summed E-state index contributed by atoms with van der Waals surface area (Å²) in [5, 5.41) is 9.13. The summed E-state index contributed by atoms with van der Waals surface area (Å²) >= 11 is 5.93. The molecule has 3 rings (SSSR count). The zero-order valence-corrected chi connectivity index (χ0v) is 13.7. The Kier molecular flexibility index (Phi) is 4.43. The number of carbonyl (C=O) groups excluding carboxylic acids is 1. The largest absolute Gasteiger partial charge is 0.457 e. The molecule has 2 aromatic rings. The van der Waals surface area contributed by atoms with Gasteiger partial charge in [0.15, 0.2) is 5.82 Å². The lowest BCUT2D eigenvalue weighted by molar-refractivity contribution is -0.143. The number of benzene rings is 1. The van der Waals surface area contributed by atoms with Crippen molar-refractivity contribution >= 4 is 23.8 Å². The maximum atomic E-state index is 11.1. The molecule has 0 amide bonds. The zero-order chi connectivity index (χ0) is 16.4. The van der Waals surface area contributed by atoms with Crippen molar-refractivity contribution in [2.45, 2.75) is 39.0 Å². The van der Waals surface area contributed by atoms with Gasteiger partial charge in [-0.1, -0.05) is 23.7 Å². The average Bonchev–Trinajstić information content (AvgIpc) is 3.09. The van der Waals surface area contributed by atoms with Crippen molar-refractivity contribution < 1.29 is 9.53 Å². The summed E-state index contributed by atoms with van der Waals surface area (Å²) in [6, 6.07) is 7.53. The molecule has 0 saturated heterocycles. The minimum atomic E-state index is -0.305. The number of carbonyl (C=O) groups is 1. The first-order valence-electron chi connectivity index (χ1n) is 7.37. The van der Waals surface area contributed by atoms with E-state index in [1.54, 1.807) is 6.21 Å². The summed E-state index contributed by atoms with van der Waals surface area (Å²) in [6.07, 6.45) is 1.97. The molecule has 0 fully saturated rings. The number of esters is 1. The van der Waals surface area contributed by atoms with Crippen molar-refractivity contribution in [1.82, 2.24) is 14.8 Å². The lowest BCUT2D eigenvalue weighted by atomic mass is 10.1. The topological polar surface area (TPSA) is 69.4 Å². The van der Waals surface area contributed by atoms with Gasteiger partial charge in [-0.3, -0.25) is 9.79 Å². The van der Waals surface area contributed by atoms with Crippen LogP contribution in [0.4, 0.5) is 0 Å². The molecule has 2 heterocycles. The monoisotopic (exact) mass is 332 g/mol. The summed E-state index contributed by atoms with van der Waals surface area (Å²) in [5.74, 6) is 1.30. The van der Waals surface area contributed by atoms with Gasteiger partial charge in [-0.15, -0.1) is 10.2 Å². The standard InChI is InChI=1S/C16H17ClN4O2/c1-10-19-20-16(15-7-14(8-18-15)23-11(2)22)21(10)9-12-3-5-13(17)6-4-12/h3-6,8,14-15H,7,9H2,1-2H3/t14-,15-/m1/s1. The first-order chi connectivity index (χ1) is 11.0. The van der Waals surface area contributed by atoms with Gasteiger partial charge in [-0.25, -0.2) is 0 Å². The van der Waals surface area contributed by atoms with Crippen molar-refractivity contribution in [3.8, 4) is 0 Å². The minimum absolute atomic E-state index is 0.146. The van der Waals surface area contributed by atoms with Crippen LogP contribution < -0.4 is 0 Å². The van der Waals surface area contributed by atoms with E-state index in [-0.39, 0.29) is 18.1 Å². The Morgan fingerprint density at radius 3 is 2.78 bits per heavy atom. The van der Waals surface area contributed by atoms with Crippen LogP contribution in [-0.2, 0) is 16.1 Å². The Labute approximate surface area is 139 Å². The number of halogens is 1. The highest BCUT2D eigenvalue weighted by Crippen LogP contribution is 2.28. The van der Waals surface area contributed by atoms with Gasteiger partial charge in [0.25, 0.3) is 0 Å². The first-order valence-corrected chi connectivity index (χ1v) is 7.75. The SMILES string of the molecule is CC(=O)O[C@H]1C=N[C@@H](c2nnc(C)n2Cc2ccc(Cl)cc2)C1. The fourth-order valence-electron chi connectivity index (χ4n) is 2.62. The van der Waals surface area contributed by atoms with Crippen LogP contribution in [0.3, 0.4) is 0 Å². The summed E-state index contributed by atoms with van der Waals surface area (Å²) in [7, 11) is 0. The Bertz CT molecular complexity index is 739. The Hall–Kier alpha value is -2.21. The summed E-state index contributed by atoms with van der Waals surface area (Å²) < 4.78 is 7.21. The van der Waals surface area contributed by atoms with Gasteiger partial charge >= 0.3 is 5.97 Å². The van der Waals surface area contributed by atoms with Crippen molar-refractivity contribution in [2.24, 2.45) is 4.99 Å². The van der Waals surface area contributed by atoms with Gasteiger partial charge in [0.05, 0.1) is 6.54 Å². The van der Waals surface area contributed by atoms with Crippen molar-refractivity contribution in [3.63, 3.8) is 0 Å². The molecule has 6 nitrogen and oxygen atoms in total. The van der Waals surface area contributed by atoms with E-state index >= 15 is 0 Å². The number of hydrogen-bond donors (Lipinski definition) is 0. The molecule has 1 aliphatic heterocycles. The highest BCUT2D eigenvalue weighted by molar-refractivity contribution is 6.30. The number of aliphatic imine (C=N–C) groups is 1. The molecule has 120 valence electrons. The average molecular weight is 333 g/mol. The molecular formula is C16H17ClN4O2. The highest BCUT2D eigenvalue weighted by atomic mass is 35.5. The van der Waals surface area contributed by atoms with Gasteiger partial charge in [0, 0.05) is 24.6 Å². The van der Waals surface area contributed by atoms with E-state index in [0.717, 1.165) is 17.2 Å². The fourth-order valence-corrected chi connectivity index (χ4v) is 2.74. The number of aromatic nitrogens is 3. The van der Waals surface area contributed by atoms with Crippen LogP contribution in [0, 0.1) is 6.92 Å². The molecule has 0 saturated carbocycles. The normalized spacial score (nSPS) is 20.0. The molecule has 2 atom stereocenters. The van der Waals surface area contributed by atoms with E-state index in [1.807, 2.05) is 35.8 Å². The Morgan fingerprint density at radius 1 is 1.35 bits per heavy atom. The Morgan fingerprint density at radius 2 is 2.09 bits per heavy atom. The second kappa shape index (κ2) is 6.50. The maximum Gasteiger partial charge on any atom is 0.303 e. The van der Waals surface area contributed by atoms with Crippen LogP contribution in [0.1, 0.15) is 36.6 Å². The van der Waals surface area contributed by atoms with E-state index in [2.05, 4.69) is 15.2 Å². The van der Waals surface area contributed by atoms with E-state index in [1.165, 1.54) is 6.92 Å². The highest BCUT2D eigenvalue weighted by Gasteiger charge is 2.28. The second-order valence-electron chi connectivity index (χ2n) is 5.52. The predicted octanol–water partition coefficient (Wildman–Crippen LogP) is 2.74. The molecule has 0 aliphatic carbocycles. The van der Waals surface area contributed by atoms with E-state index in [4.69, 9.17) is 16.3 Å². The maximum absolute atomic E-state index is 11.1. The van der Waals surface area contributed by atoms with Crippen LogP contribution in [-0.4, -0.2) is 33.1 Å². The predicted molar refractivity (Wildman–Crippen MR) is 86.7 cm³/mol. The fraction of sp³-hybridized carbons (Fsp3) is 0.375. The number of ether oxygens (including phenoxy) is 1. The van der Waals surface area contributed by atoms with E-state index < -0.39 is 0 Å². The van der Waals surface area contributed by atoms with Crippen molar-refractivity contribution in [3.05, 3.63) is 46.5 Å². The molecule has 0 bridgehead atoms. The van der Waals surface area contributed by atoms with Crippen LogP contribution in [0.15, 0.2) is 29.3 Å². The number of nitrogens with zero attached hydrogens (tertiary/aromatic N) is 4. The van der Waals surface area contributed by atoms with Crippen molar-refractivity contribution in [2.75, 3.05) is 0 Å². The molecule has 0 N–H and O–H groups in total. The van der Waals surface area contributed by atoms with Gasteiger partial charge < -0.3 is 9.30 Å². The van der Waals surface area contributed by atoms with E-state index in [9.17, 15) is 4.79 Å². The van der Waals surface area contributed by atoms with Gasteiger partial charge in [-0.2, -0.15) is 0 Å². The molecule has 1 aromatic carbocycles. The molecule has 7 heteroatoms. The first kappa shape index (κ1) is 15.7. The van der Waals surface area contributed by atoms with E-state index in [0.29, 0.717) is 18.0 Å². The number of rotatable bonds is 4. The van der Waals surface area contributed by atoms with Crippen LogP contribution in [0.25, 0.3) is 0 Å². The molecule has 23 heavy (non-hydrogen) atoms. The second-order valence-corrected chi connectivity index (χ2v) is 5.95. The van der Waals surface area contributed by atoms with Crippen LogP contribution in [0.5, 0.6) is 0 Å². The zero-order valence-electron chi connectivity index (χ0n) is 12.9. The molecular weight excluding hydrogens is 316 g/mol. The minimum Gasteiger partial charge on any atom is -0.457 e. The number of aryl methyl sites for hydroxylation is 1. The number of hydrogen-bond acceptors (Lipinski definition) is 5. The summed E-state index contributed by atoms with van der Waals surface area (Å²) in [5.41, 5.74) is 1.11. The summed E-state index contributed by atoms with van der Waals surface area (Å²) in [4.78, 5) is 15.5. The van der Waals surface area contributed by atoms with Gasteiger partial charge in [-0.05, 0) is 24.6 Å².